The zero-order valence-corrected chi connectivity index (χ0v) is 15.8. The van der Waals surface area contributed by atoms with Crippen molar-refractivity contribution in [1.82, 2.24) is 10.4 Å². The molecule has 8 nitrogen and oxygen atoms in total. The Hall–Kier alpha value is -2.78. The predicted octanol–water partition coefficient (Wildman–Crippen LogP) is 0.368. The molecule has 3 rings (SSSR count). The summed E-state index contributed by atoms with van der Waals surface area (Å²) < 4.78 is 5.40. The summed E-state index contributed by atoms with van der Waals surface area (Å²) >= 11 is 0. The van der Waals surface area contributed by atoms with Crippen molar-refractivity contribution in [3.05, 3.63) is 71.8 Å². The smallest absolute Gasteiger partial charge is 0.277 e. The first kappa shape index (κ1) is 20.9. The van der Waals surface area contributed by atoms with Crippen LogP contribution in [0.25, 0.3) is 0 Å². The molecule has 2 amide bonds. The Bertz CT molecular complexity index is 832. The normalized spacial score (nSPS) is 23.6. The van der Waals surface area contributed by atoms with E-state index < -0.39 is 30.3 Å². The molecular weight excluding hydrogens is 376 g/mol. The van der Waals surface area contributed by atoms with Crippen LogP contribution >= 0.6 is 0 Å². The third-order valence-corrected chi connectivity index (χ3v) is 4.84. The number of benzene rings is 2. The van der Waals surface area contributed by atoms with Crippen LogP contribution in [-0.2, 0) is 16.0 Å². The Labute approximate surface area is 168 Å². The summed E-state index contributed by atoms with van der Waals surface area (Å²) in [6.45, 7) is -0.823. The molecular formula is C21H24N2O6. The molecule has 8 heteroatoms. The highest BCUT2D eigenvalue weighted by molar-refractivity contribution is 5.93. The molecule has 0 aliphatic carbocycles. The fourth-order valence-electron chi connectivity index (χ4n) is 3.20. The Kier molecular flexibility index (Phi) is 6.60. The van der Waals surface area contributed by atoms with Gasteiger partial charge in [0.05, 0.1) is 19.6 Å². The molecule has 0 spiro atoms. The largest absolute Gasteiger partial charge is 0.387 e. The molecule has 3 atom stereocenters. The van der Waals surface area contributed by atoms with Gasteiger partial charge in [-0.2, -0.15) is 0 Å². The lowest BCUT2D eigenvalue weighted by Gasteiger charge is -2.29. The number of amides is 2. The van der Waals surface area contributed by atoms with Gasteiger partial charge in [-0.05, 0) is 17.7 Å². The second kappa shape index (κ2) is 9.15. The van der Waals surface area contributed by atoms with Crippen molar-refractivity contribution in [1.29, 1.82) is 0 Å². The Morgan fingerprint density at radius 2 is 1.72 bits per heavy atom. The first-order valence-corrected chi connectivity index (χ1v) is 9.27. The molecule has 1 heterocycles. The molecule has 0 radical (unpaired) electrons. The minimum atomic E-state index is -1.85. The van der Waals surface area contributed by atoms with Gasteiger partial charge in [-0.3, -0.25) is 14.8 Å². The van der Waals surface area contributed by atoms with Gasteiger partial charge in [-0.25, -0.2) is 5.06 Å². The maximum Gasteiger partial charge on any atom is 0.277 e. The fourth-order valence-corrected chi connectivity index (χ4v) is 3.20. The van der Waals surface area contributed by atoms with E-state index in [-0.39, 0.29) is 31.0 Å². The molecule has 0 aromatic heterocycles. The van der Waals surface area contributed by atoms with Gasteiger partial charge in [-0.1, -0.05) is 48.5 Å². The topological polar surface area (TPSA) is 119 Å². The van der Waals surface area contributed by atoms with Crippen LogP contribution in [0.1, 0.15) is 15.9 Å². The lowest BCUT2D eigenvalue weighted by molar-refractivity contribution is -0.134. The molecule has 154 valence electrons. The molecule has 2 aromatic rings. The van der Waals surface area contributed by atoms with Crippen LogP contribution in [0, 0.1) is 0 Å². The number of carbonyl (C=O) groups excluding carboxylic acids is 2. The van der Waals surface area contributed by atoms with E-state index in [1.165, 1.54) is 12.1 Å². The van der Waals surface area contributed by atoms with Crippen LogP contribution in [0.15, 0.2) is 60.7 Å². The summed E-state index contributed by atoms with van der Waals surface area (Å²) in [5, 5.41) is 34.2. The maximum absolute atomic E-state index is 12.2. The Balaban J connectivity index is 1.52. The molecule has 0 saturated carbocycles. The van der Waals surface area contributed by atoms with Gasteiger partial charge in [0.15, 0.2) is 0 Å². The summed E-state index contributed by atoms with van der Waals surface area (Å²) in [6, 6.07) is 17.3. The zero-order chi connectivity index (χ0) is 20.9. The third-order valence-electron chi connectivity index (χ3n) is 4.84. The van der Waals surface area contributed by atoms with Crippen molar-refractivity contribution in [2.45, 2.75) is 24.2 Å². The zero-order valence-electron chi connectivity index (χ0n) is 15.8. The second-order valence-electron chi connectivity index (χ2n) is 7.09. The van der Waals surface area contributed by atoms with E-state index in [0.29, 0.717) is 5.06 Å². The SMILES string of the molecule is O=C(Cc1ccccc1)NC[C@H]1OC[C@@](O)(CN(O)C(=O)c2ccccc2)[C@@H]1O. The van der Waals surface area contributed by atoms with Crippen LogP contribution in [0.3, 0.4) is 0 Å². The number of rotatable bonds is 7. The van der Waals surface area contributed by atoms with Crippen LogP contribution < -0.4 is 5.32 Å². The predicted molar refractivity (Wildman–Crippen MR) is 103 cm³/mol. The summed E-state index contributed by atoms with van der Waals surface area (Å²) in [5.41, 5.74) is -0.755. The molecule has 1 saturated heterocycles. The minimum absolute atomic E-state index is 0.00674. The molecule has 1 fully saturated rings. The van der Waals surface area contributed by atoms with Gasteiger partial charge < -0.3 is 20.3 Å². The maximum atomic E-state index is 12.2. The van der Waals surface area contributed by atoms with Crippen molar-refractivity contribution in [3.63, 3.8) is 0 Å². The van der Waals surface area contributed by atoms with Crippen LogP contribution in [0.5, 0.6) is 0 Å². The highest BCUT2D eigenvalue weighted by Gasteiger charge is 2.49. The standard InChI is InChI=1S/C21H24N2O6/c24-18(11-15-7-3-1-4-8-15)22-12-17-19(25)21(27,14-29-17)13-23(28)20(26)16-9-5-2-6-10-16/h1-10,17,19,25,27-28H,11-14H2,(H,22,24)/t17-,19-,21+/m1/s1. The molecule has 29 heavy (non-hydrogen) atoms. The fraction of sp³-hybridized carbons (Fsp3) is 0.333. The Morgan fingerprint density at radius 1 is 1.10 bits per heavy atom. The molecule has 4 N–H and O–H groups in total. The van der Waals surface area contributed by atoms with Gasteiger partial charge in [-0.15, -0.1) is 0 Å². The van der Waals surface area contributed by atoms with E-state index in [1.807, 2.05) is 30.3 Å². The van der Waals surface area contributed by atoms with Crippen LogP contribution in [0.4, 0.5) is 0 Å². The second-order valence-corrected chi connectivity index (χ2v) is 7.09. The summed E-state index contributed by atoms with van der Waals surface area (Å²) in [6.07, 6.45) is -2.07. The number of hydroxylamine groups is 2. The van der Waals surface area contributed by atoms with Gasteiger partial charge >= 0.3 is 0 Å². The average Bonchev–Trinajstić information content (AvgIpc) is 3.01. The first-order chi connectivity index (χ1) is 13.9. The lowest BCUT2D eigenvalue weighted by atomic mass is 9.96. The van der Waals surface area contributed by atoms with Gasteiger partial charge in [0.25, 0.3) is 5.91 Å². The van der Waals surface area contributed by atoms with E-state index >= 15 is 0 Å². The van der Waals surface area contributed by atoms with Crippen molar-refractivity contribution in [2.75, 3.05) is 19.7 Å². The molecule has 0 unspecified atom stereocenters. The highest BCUT2D eigenvalue weighted by Crippen LogP contribution is 2.26. The Morgan fingerprint density at radius 3 is 2.38 bits per heavy atom. The molecule has 2 aromatic carbocycles. The molecule has 1 aliphatic rings. The molecule has 1 aliphatic heterocycles. The van der Waals surface area contributed by atoms with Crippen molar-refractivity contribution in [3.8, 4) is 0 Å². The van der Waals surface area contributed by atoms with Gasteiger partial charge in [0, 0.05) is 12.1 Å². The minimum Gasteiger partial charge on any atom is -0.387 e. The monoisotopic (exact) mass is 400 g/mol. The van der Waals surface area contributed by atoms with E-state index in [0.717, 1.165) is 5.56 Å². The number of carbonyl (C=O) groups is 2. The van der Waals surface area contributed by atoms with Gasteiger partial charge in [0.2, 0.25) is 5.91 Å². The van der Waals surface area contributed by atoms with Crippen LogP contribution in [-0.4, -0.2) is 69.8 Å². The average molecular weight is 400 g/mol. The van der Waals surface area contributed by atoms with Crippen molar-refractivity contribution < 1.29 is 29.7 Å². The van der Waals surface area contributed by atoms with E-state index in [4.69, 9.17) is 4.74 Å². The van der Waals surface area contributed by atoms with Crippen molar-refractivity contribution >= 4 is 11.8 Å². The molecule has 0 bridgehead atoms. The van der Waals surface area contributed by atoms with Crippen LogP contribution in [0.2, 0.25) is 0 Å². The lowest BCUT2D eigenvalue weighted by Crippen LogP contribution is -2.54. The van der Waals surface area contributed by atoms with E-state index in [2.05, 4.69) is 5.32 Å². The van der Waals surface area contributed by atoms with Gasteiger partial charge in [0.1, 0.15) is 17.8 Å². The number of aliphatic hydroxyl groups excluding tert-OH is 1. The van der Waals surface area contributed by atoms with Crippen molar-refractivity contribution in [2.24, 2.45) is 0 Å². The summed E-state index contributed by atoms with van der Waals surface area (Å²) in [7, 11) is 0. The van der Waals surface area contributed by atoms with E-state index in [1.54, 1.807) is 18.2 Å². The summed E-state index contributed by atoms with van der Waals surface area (Å²) in [5.74, 6) is -0.948. The quantitative estimate of drug-likeness (QED) is 0.394. The highest BCUT2D eigenvalue weighted by atomic mass is 16.5. The summed E-state index contributed by atoms with van der Waals surface area (Å²) in [4.78, 5) is 24.3. The number of nitrogens with one attached hydrogen (secondary N) is 1. The number of aliphatic hydroxyl groups is 2. The number of ether oxygens (including phenoxy) is 1. The first-order valence-electron chi connectivity index (χ1n) is 9.27. The van der Waals surface area contributed by atoms with E-state index in [9.17, 15) is 25.0 Å². The number of hydrogen-bond acceptors (Lipinski definition) is 6. The number of nitrogens with zero attached hydrogens (tertiary/aromatic N) is 1. The third kappa shape index (κ3) is 5.18. The number of hydrogen-bond donors (Lipinski definition) is 4.